The molecule has 1 saturated heterocycles. The SMILES string of the molecule is O=S(=O)(c1cccc(Cl)c1)N1CCN(c2cccc(F)c2)CC1. The lowest BCUT2D eigenvalue weighted by Gasteiger charge is -2.35. The molecule has 1 aliphatic heterocycles. The van der Waals surface area contributed by atoms with Gasteiger partial charge in [0.05, 0.1) is 4.90 Å². The van der Waals surface area contributed by atoms with Gasteiger partial charge in [0, 0.05) is 36.9 Å². The molecule has 0 spiro atoms. The Morgan fingerprint density at radius 2 is 1.65 bits per heavy atom. The van der Waals surface area contributed by atoms with Crippen molar-refractivity contribution in [2.24, 2.45) is 0 Å². The second-order valence-corrected chi connectivity index (χ2v) is 7.70. The molecule has 0 atom stereocenters. The minimum Gasteiger partial charge on any atom is -0.369 e. The van der Waals surface area contributed by atoms with E-state index in [2.05, 4.69) is 0 Å². The van der Waals surface area contributed by atoms with E-state index >= 15 is 0 Å². The van der Waals surface area contributed by atoms with E-state index in [0.29, 0.717) is 31.2 Å². The molecule has 0 unspecified atom stereocenters. The molecule has 0 N–H and O–H groups in total. The molecule has 0 radical (unpaired) electrons. The van der Waals surface area contributed by atoms with Crippen LogP contribution in [0.25, 0.3) is 0 Å². The molecule has 23 heavy (non-hydrogen) atoms. The van der Waals surface area contributed by atoms with Gasteiger partial charge in [0.15, 0.2) is 0 Å². The fourth-order valence-electron chi connectivity index (χ4n) is 2.64. The highest BCUT2D eigenvalue weighted by molar-refractivity contribution is 7.89. The van der Waals surface area contributed by atoms with E-state index in [1.165, 1.54) is 22.5 Å². The van der Waals surface area contributed by atoms with Crippen molar-refractivity contribution >= 4 is 27.3 Å². The van der Waals surface area contributed by atoms with E-state index in [-0.39, 0.29) is 10.7 Å². The number of hydrogen-bond acceptors (Lipinski definition) is 3. The van der Waals surface area contributed by atoms with Gasteiger partial charge in [-0.2, -0.15) is 4.31 Å². The second-order valence-electron chi connectivity index (χ2n) is 5.33. The van der Waals surface area contributed by atoms with Crippen molar-refractivity contribution in [3.8, 4) is 0 Å². The Balaban J connectivity index is 1.73. The minimum atomic E-state index is -3.55. The number of sulfonamides is 1. The molecular weight excluding hydrogens is 339 g/mol. The van der Waals surface area contributed by atoms with Crippen LogP contribution in [0.5, 0.6) is 0 Å². The number of benzene rings is 2. The van der Waals surface area contributed by atoms with Crippen molar-refractivity contribution in [2.45, 2.75) is 4.90 Å². The van der Waals surface area contributed by atoms with Gasteiger partial charge in [-0.1, -0.05) is 23.7 Å². The van der Waals surface area contributed by atoms with Crippen LogP contribution in [0.3, 0.4) is 0 Å². The lowest BCUT2D eigenvalue weighted by Crippen LogP contribution is -2.48. The van der Waals surface area contributed by atoms with Gasteiger partial charge in [0.1, 0.15) is 5.82 Å². The summed E-state index contributed by atoms with van der Waals surface area (Å²) in [5, 5.41) is 0.393. The molecule has 0 aliphatic carbocycles. The van der Waals surface area contributed by atoms with Crippen LogP contribution in [0.1, 0.15) is 0 Å². The summed E-state index contributed by atoms with van der Waals surface area (Å²) in [6.45, 7) is 1.74. The minimum absolute atomic E-state index is 0.198. The van der Waals surface area contributed by atoms with Gasteiger partial charge < -0.3 is 4.90 Å². The fraction of sp³-hybridized carbons (Fsp3) is 0.250. The Hall–Kier alpha value is -1.63. The first kappa shape index (κ1) is 16.2. The summed E-state index contributed by atoms with van der Waals surface area (Å²) in [5.74, 6) is -0.295. The van der Waals surface area contributed by atoms with Gasteiger partial charge in [-0.25, -0.2) is 12.8 Å². The van der Waals surface area contributed by atoms with E-state index in [4.69, 9.17) is 11.6 Å². The quantitative estimate of drug-likeness (QED) is 0.850. The number of hydrogen-bond donors (Lipinski definition) is 0. The molecular formula is C16H16ClFN2O2S. The van der Waals surface area contributed by atoms with Crippen LogP contribution in [0, 0.1) is 5.82 Å². The number of anilines is 1. The van der Waals surface area contributed by atoms with Gasteiger partial charge in [-0.05, 0) is 36.4 Å². The summed E-state index contributed by atoms with van der Waals surface area (Å²) in [7, 11) is -3.55. The standard InChI is InChI=1S/C16H16ClFN2O2S/c17-13-3-1-6-16(11-13)23(21,22)20-9-7-19(8-10-20)15-5-2-4-14(18)12-15/h1-6,11-12H,7-10H2. The summed E-state index contributed by atoms with van der Waals surface area (Å²) < 4.78 is 40.0. The molecule has 1 fully saturated rings. The zero-order valence-electron chi connectivity index (χ0n) is 12.3. The molecule has 0 amide bonds. The van der Waals surface area contributed by atoms with Crippen molar-refractivity contribution in [2.75, 3.05) is 31.1 Å². The molecule has 7 heteroatoms. The van der Waals surface area contributed by atoms with Crippen molar-refractivity contribution in [1.82, 2.24) is 4.31 Å². The number of halogens is 2. The molecule has 2 aromatic carbocycles. The summed E-state index contributed by atoms with van der Waals surface area (Å²) in [4.78, 5) is 2.18. The zero-order chi connectivity index (χ0) is 16.4. The van der Waals surface area contributed by atoms with Gasteiger partial charge >= 0.3 is 0 Å². The van der Waals surface area contributed by atoms with Gasteiger partial charge in [-0.3, -0.25) is 0 Å². The summed E-state index contributed by atoms with van der Waals surface area (Å²) >= 11 is 5.88. The van der Waals surface area contributed by atoms with Crippen LogP contribution in [-0.2, 0) is 10.0 Å². The number of rotatable bonds is 3. The molecule has 2 aromatic rings. The maximum atomic E-state index is 13.3. The highest BCUT2D eigenvalue weighted by atomic mass is 35.5. The van der Waals surface area contributed by atoms with Gasteiger partial charge in [0.25, 0.3) is 0 Å². The van der Waals surface area contributed by atoms with Crippen LogP contribution < -0.4 is 4.90 Å². The Bertz CT molecular complexity index is 805. The van der Waals surface area contributed by atoms with E-state index < -0.39 is 10.0 Å². The van der Waals surface area contributed by atoms with Gasteiger partial charge in [-0.15, -0.1) is 0 Å². The number of piperazine rings is 1. The normalized spacial score (nSPS) is 16.5. The Morgan fingerprint density at radius 1 is 0.957 bits per heavy atom. The molecule has 122 valence electrons. The summed E-state index contributed by atoms with van der Waals surface area (Å²) in [6.07, 6.45) is 0. The summed E-state index contributed by atoms with van der Waals surface area (Å²) in [6, 6.07) is 12.6. The van der Waals surface area contributed by atoms with Crippen molar-refractivity contribution in [1.29, 1.82) is 0 Å². The molecule has 1 heterocycles. The van der Waals surface area contributed by atoms with Crippen LogP contribution >= 0.6 is 11.6 Å². The van der Waals surface area contributed by atoms with Crippen LogP contribution in [0.2, 0.25) is 5.02 Å². The van der Waals surface area contributed by atoms with E-state index in [0.717, 1.165) is 5.69 Å². The molecule has 4 nitrogen and oxygen atoms in total. The smallest absolute Gasteiger partial charge is 0.243 e. The summed E-state index contributed by atoms with van der Waals surface area (Å²) in [5.41, 5.74) is 0.768. The van der Waals surface area contributed by atoms with Crippen LogP contribution in [0.4, 0.5) is 10.1 Å². The van der Waals surface area contributed by atoms with Crippen molar-refractivity contribution < 1.29 is 12.8 Å². The van der Waals surface area contributed by atoms with Crippen molar-refractivity contribution in [3.05, 3.63) is 59.4 Å². The molecule has 0 saturated carbocycles. The Labute approximate surface area is 140 Å². The van der Waals surface area contributed by atoms with Crippen molar-refractivity contribution in [3.63, 3.8) is 0 Å². The largest absolute Gasteiger partial charge is 0.369 e. The Kier molecular flexibility index (Phi) is 4.57. The third-order valence-electron chi connectivity index (χ3n) is 3.85. The second kappa shape index (κ2) is 6.47. The topological polar surface area (TPSA) is 40.6 Å². The maximum absolute atomic E-state index is 13.3. The average Bonchev–Trinajstić information content (AvgIpc) is 2.55. The monoisotopic (exact) mass is 354 g/mol. The fourth-order valence-corrected chi connectivity index (χ4v) is 4.36. The zero-order valence-corrected chi connectivity index (χ0v) is 13.9. The van der Waals surface area contributed by atoms with Gasteiger partial charge in [0.2, 0.25) is 10.0 Å². The molecule has 0 aromatic heterocycles. The van der Waals surface area contributed by atoms with E-state index in [1.54, 1.807) is 24.3 Å². The van der Waals surface area contributed by atoms with E-state index in [9.17, 15) is 12.8 Å². The first-order chi connectivity index (χ1) is 11.0. The third-order valence-corrected chi connectivity index (χ3v) is 5.98. The Morgan fingerprint density at radius 3 is 2.30 bits per heavy atom. The predicted molar refractivity (Wildman–Crippen MR) is 88.8 cm³/mol. The average molecular weight is 355 g/mol. The molecule has 1 aliphatic rings. The highest BCUT2D eigenvalue weighted by Gasteiger charge is 2.28. The van der Waals surface area contributed by atoms with E-state index in [1.807, 2.05) is 11.0 Å². The third kappa shape index (κ3) is 3.49. The van der Waals surface area contributed by atoms with Crippen LogP contribution in [0.15, 0.2) is 53.4 Å². The molecule has 3 rings (SSSR count). The predicted octanol–water partition coefficient (Wildman–Crippen LogP) is 2.99. The first-order valence-corrected chi connectivity index (χ1v) is 9.05. The van der Waals surface area contributed by atoms with Crippen LogP contribution in [-0.4, -0.2) is 38.9 Å². The maximum Gasteiger partial charge on any atom is 0.243 e. The lowest BCUT2D eigenvalue weighted by atomic mass is 10.2. The highest BCUT2D eigenvalue weighted by Crippen LogP contribution is 2.23. The first-order valence-electron chi connectivity index (χ1n) is 7.23. The number of nitrogens with zero attached hydrogens (tertiary/aromatic N) is 2. The molecule has 0 bridgehead atoms. The lowest BCUT2D eigenvalue weighted by molar-refractivity contribution is 0.384.